The van der Waals surface area contributed by atoms with Crippen molar-refractivity contribution in [1.82, 2.24) is 4.90 Å². The predicted molar refractivity (Wildman–Crippen MR) is 106 cm³/mol. The Kier molecular flexibility index (Phi) is 5.99. The molecule has 3 nitrogen and oxygen atoms in total. The molecule has 3 aliphatic heterocycles. The molecule has 1 N–H and O–H groups in total. The summed E-state index contributed by atoms with van der Waals surface area (Å²) in [6.45, 7) is 11.4. The number of ether oxygens (including phenoxy) is 1. The van der Waals surface area contributed by atoms with Crippen LogP contribution in [0.2, 0.25) is 0 Å². The van der Waals surface area contributed by atoms with Crippen molar-refractivity contribution in [3.8, 4) is 5.75 Å². The molecule has 4 rings (SSSR count). The lowest BCUT2D eigenvalue weighted by Gasteiger charge is -2.34. The Hall–Kier alpha value is -0.640. The molecule has 1 atom stereocenters. The van der Waals surface area contributed by atoms with Crippen LogP contribution in [0.1, 0.15) is 48.4 Å². The number of piperidine rings is 1. The molecule has 0 spiro atoms. The number of benzene rings is 1. The molecule has 0 amide bonds. The summed E-state index contributed by atoms with van der Waals surface area (Å²) in [5.74, 6) is 1.19. The van der Waals surface area contributed by atoms with Crippen LogP contribution < -0.4 is 10.1 Å². The molecular weight excluding hydrogens is 343 g/mol. The molecule has 1 aromatic carbocycles. The van der Waals surface area contributed by atoms with Crippen LogP contribution in [0.4, 0.5) is 5.69 Å². The summed E-state index contributed by atoms with van der Waals surface area (Å²) in [5, 5.41) is 3.58. The number of hydrogen-bond acceptors (Lipinski definition) is 3. The number of likely N-dealkylation sites (tertiary alicyclic amines) is 1. The highest BCUT2D eigenvalue weighted by Gasteiger charge is 2.40. The van der Waals surface area contributed by atoms with Gasteiger partial charge in [-0.1, -0.05) is 6.42 Å². The lowest BCUT2D eigenvalue weighted by Crippen LogP contribution is -2.46. The van der Waals surface area contributed by atoms with Crippen molar-refractivity contribution < 1.29 is 4.74 Å². The monoisotopic (exact) mass is 372 g/mol. The molecular formula is C19H30Cl2N2O. The minimum Gasteiger partial charge on any atom is -0.485 e. The van der Waals surface area contributed by atoms with Crippen LogP contribution in [0.15, 0.2) is 0 Å². The van der Waals surface area contributed by atoms with E-state index in [2.05, 4.69) is 31.0 Å². The Balaban J connectivity index is 0.00000104. The van der Waals surface area contributed by atoms with Gasteiger partial charge in [-0.25, -0.2) is 0 Å². The van der Waals surface area contributed by atoms with Crippen molar-refractivity contribution in [1.29, 1.82) is 0 Å². The first kappa shape index (κ1) is 19.7. The summed E-state index contributed by atoms with van der Waals surface area (Å²) in [5.41, 5.74) is 7.08. The number of anilines is 1. The standard InChI is InChI=1S/C19H28N2O.2ClH/c1-13-16-11-19(3,12-21-9-5-4-6-10-21)22-18(16)14(2)15-7-8-20-17(13)15;;/h20H,4-12H2,1-3H3;2*1H. The molecule has 0 radical (unpaired) electrons. The molecule has 0 bridgehead atoms. The number of nitrogens with one attached hydrogen (secondary N) is 1. The highest BCUT2D eigenvalue weighted by molar-refractivity contribution is 5.85. The fraction of sp³-hybridized carbons (Fsp3) is 0.684. The van der Waals surface area contributed by atoms with Crippen LogP contribution in [-0.2, 0) is 12.8 Å². The Labute approximate surface area is 158 Å². The zero-order valence-corrected chi connectivity index (χ0v) is 16.7. The third-order valence-corrected chi connectivity index (χ3v) is 5.78. The van der Waals surface area contributed by atoms with E-state index in [1.165, 1.54) is 66.0 Å². The van der Waals surface area contributed by atoms with Crippen molar-refractivity contribution in [3.05, 3.63) is 22.3 Å². The molecule has 1 saturated heterocycles. The minimum atomic E-state index is -0.0513. The van der Waals surface area contributed by atoms with Gasteiger partial charge < -0.3 is 10.1 Å². The van der Waals surface area contributed by atoms with E-state index < -0.39 is 0 Å². The number of fused-ring (bicyclic) bond motifs is 2. The van der Waals surface area contributed by atoms with Crippen molar-refractivity contribution in [3.63, 3.8) is 0 Å². The van der Waals surface area contributed by atoms with E-state index in [1.807, 2.05) is 0 Å². The molecule has 0 aliphatic carbocycles. The molecule has 1 fully saturated rings. The number of rotatable bonds is 2. The summed E-state index contributed by atoms with van der Waals surface area (Å²) in [7, 11) is 0. The number of nitrogens with zero attached hydrogens (tertiary/aromatic N) is 1. The average Bonchev–Trinajstić information content (AvgIpc) is 3.11. The van der Waals surface area contributed by atoms with Crippen LogP contribution in [0.5, 0.6) is 5.75 Å². The molecule has 3 aliphatic rings. The van der Waals surface area contributed by atoms with Crippen LogP contribution in [-0.4, -0.2) is 36.7 Å². The third kappa shape index (κ3) is 3.23. The lowest BCUT2D eigenvalue weighted by atomic mass is 9.91. The Morgan fingerprint density at radius 3 is 2.46 bits per heavy atom. The van der Waals surface area contributed by atoms with E-state index in [9.17, 15) is 0 Å². The maximum atomic E-state index is 6.56. The van der Waals surface area contributed by atoms with Crippen molar-refractivity contribution >= 4 is 30.5 Å². The van der Waals surface area contributed by atoms with Gasteiger partial charge in [0.15, 0.2) is 0 Å². The first-order valence-corrected chi connectivity index (χ1v) is 8.87. The summed E-state index contributed by atoms with van der Waals surface area (Å²) >= 11 is 0. The van der Waals surface area contributed by atoms with Gasteiger partial charge in [0.05, 0.1) is 0 Å². The Morgan fingerprint density at radius 1 is 1.04 bits per heavy atom. The van der Waals surface area contributed by atoms with Gasteiger partial charge in [0, 0.05) is 30.8 Å². The van der Waals surface area contributed by atoms with E-state index in [0.717, 1.165) is 25.9 Å². The second-order valence-corrected chi connectivity index (χ2v) is 7.65. The van der Waals surface area contributed by atoms with E-state index in [1.54, 1.807) is 0 Å². The van der Waals surface area contributed by atoms with E-state index in [4.69, 9.17) is 4.74 Å². The first-order valence-electron chi connectivity index (χ1n) is 8.87. The van der Waals surface area contributed by atoms with Gasteiger partial charge in [-0.15, -0.1) is 24.8 Å². The maximum absolute atomic E-state index is 6.56. The topological polar surface area (TPSA) is 24.5 Å². The molecule has 5 heteroatoms. The van der Waals surface area contributed by atoms with Gasteiger partial charge in [-0.05, 0) is 69.8 Å². The normalized spacial score (nSPS) is 25.0. The highest BCUT2D eigenvalue weighted by atomic mass is 35.5. The second-order valence-electron chi connectivity index (χ2n) is 7.65. The van der Waals surface area contributed by atoms with E-state index in [0.29, 0.717) is 0 Å². The maximum Gasteiger partial charge on any atom is 0.127 e. The van der Waals surface area contributed by atoms with Gasteiger partial charge in [0.25, 0.3) is 0 Å². The summed E-state index contributed by atoms with van der Waals surface area (Å²) < 4.78 is 6.56. The molecule has 0 saturated carbocycles. The smallest absolute Gasteiger partial charge is 0.127 e. The number of hydrogen-bond donors (Lipinski definition) is 1. The molecule has 3 heterocycles. The van der Waals surface area contributed by atoms with Gasteiger partial charge in [0.1, 0.15) is 11.4 Å². The van der Waals surface area contributed by atoms with Crippen LogP contribution in [0.25, 0.3) is 0 Å². The molecule has 1 aromatic rings. The zero-order valence-electron chi connectivity index (χ0n) is 15.0. The van der Waals surface area contributed by atoms with E-state index >= 15 is 0 Å². The van der Waals surface area contributed by atoms with Gasteiger partial charge in [-0.2, -0.15) is 0 Å². The Bertz CT molecular complexity index is 573. The van der Waals surface area contributed by atoms with Crippen LogP contribution in [0.3, 0.4) is 0 Å². The summed E-state index contributed by atoms with van der Waals surface area (Å²) in [6, 6.07) is 0. The quantitative estimate of drug-likeness (QED) is 0.837. The first-order chi connectivity index (χ1) is 10.6. The minimum absolute atomic E-state index is 0. The fourth-order valence-electron chi connectivity index (χ4n) is 4.65. The SMILES string of the molecule is Cc1c2c(c(C)c3c1NCC3)OC(C)(CN1CCCCC1)C2.Cl.Cl. The molecule has 136 valence electrons. The predicted octanol–water partition coefficient (Wildman–Crippen LogP) is 4.29. The molecule has 24 heavy (non-hydrogen) atoms. The van der Waals surface area contributed by atoms with Crippen molar-refractivity contribution in [2.24, 2.45) is 0 Å². The average molecular weight is 373 g/mol. The zero-order chi connectivity index (χ0) is 15.3. The van der Waals surface area contributed by atoms with Gasteiger partial charge in [0.2, 0.25) is 0 Å². The van der Waals surface area contributed by atoms with Crippen LogP contribution in [0, 0.1) is 13.8 Å². The van der Waals surface area contributed by atoms with Gasteiger partial charge >= 0.3 is 0 Å². The fourth-order valence-corrected chi connectivity index (χ4v) is 4.65. The van der Waals surface area contributed by atoms with Gasteiger partial charge in [-0.3, -0.25) is 4.90 Å². The number of halogens is 2. The van der Waals surface area contributed by atoms with Crippen molar-refractivity contribution in [2.75, 3.05) is 31.5 Å². The summed E-state index contributed by atoms with van der Waals surface area (Å²) in [6.07, 6.45) is 6.28. The molecule has 0 aromatic heterocycles. The Morgan fingerprint density at radius 2 is 1.75 bits per heavy atom. The largest absolute Gasteiger partial charge is 0.485 e. The van der Waals surface area contributed by atoms with Crippen LogP contribution >= 0.6 is 24.8 Å². The second kappa shape index (κ2) is 7.31. The summed E-state index contributed by atoms with van der Waals surface area (Å²) in [4.78, 5) is 2.60. The third-order valence-electron chi connectivity index (χ3n) is 5.78. The lowest BCUT2D eigenvalue weighted by molar-refractivity contribution is 0.0549. The van der Waals surface area contributed by atoms with E-state index in [-0.39, 0.29) is 30.4 Å². The molecule has 1 unspecified atom stereocenters. The highest BCUT2D eigenvalue weighted by Crippen LogP contribution is 2.46. The van der Waals surface area contributed by atoms with Crippen molar-refractivity contribution in [2.45, 2.75) is 58.5 Å².